The van der Waals surface area contributed by atoms with E-state index in [1.807, 2.05) is 6.07 Å². The van der Waals surface area contributed by atoms with E-state index in [0.717, 1.165) is 5.56 Å². The van der Waals surface area contributed by atoms with Crippen molar-refractivity contribution >= 4 is 23.5 Å². The van der Waals surface area contributed by atoms with Crippen LogP contribution in [0.2, 0.25) is 5.02 Å². The molecule has 2 rings (SSSR count). The van der Waals surface area contributed by atoms with Gasteiger partial charge in [0.25, 0.3) is 5.91 Å². The highest BCUT2D eigenvalue weighted by Gasteiger charge is 2.15. The second kappa shape index (κ2) is 6.37. The van der Waals surface area contributed by atoms with Gasteiger partial charge in [0.2, 0.25) is 0 Å². The largest absolute Gasteiger partial charge is 0.477 e. The van der Waals surface area contributed by atoms with Gasteiger partial charge in [-0.2, -0.15) is 0 Å². The minimum Gasteiger partial charge on any atom is -0.477 e. The number of benzene rings is 1. The first kappa shape index (κ1) is 15.0. The Labute approximate surface area is 126 Å². The molecule has 0 saturated heterocycles. The predicted octanol–water partition coefficient (Wildman–Crippen LogP) is 2.71. The third kappa shape index (κ3) is 3.79. The fraction of sp³-hybridized carbons (Fsp3) is 0.133. The van der Waals surface area contributed by atoms with Gasteiger partial charge in [-0.15, -0.1) is 0 Å². The van der Waals surface area contributed by atoms with Gasteiger partial charge >= 0.3 is 5.97 Å². The molecule has 1 aromatic heterocycles. The quantitative estimate of drug-likeness (QED) is 0.943. The van der Waals surface area contributed by atoms with Gasteiger partial charge in [-0.1, -0.05) is 29.8 Å². The highest BCUT2D eigenvalue weighted by atomic mass is 35.5. The number of carbonyl (C=O) groups excluding carboxylic acids is 1. The van der Waals surface area contributed by atoms with Crippen molar-refractivity contribution in [3.05, 3.63) is 64.4 Å². The molecule has 0 atom stereocenters. The first-order valence-corrected chi connectivity index (χ1v) is 6.55. The summed E-state index contributed by atoms with van der Waals surface area (Å²) >= 11 is 5.90. The summed E-state index contributed by atoms with van der Waals surface area (Å²) in [6.45, 7) is 0.359. The number of aromatic carboxylic acids is 1. The van der Waals surface area contributed by atoms with Crippen molar-refractivity contribution in [3.8, 4) is 0 Å². The van der Waals surface area contributed by atoms with Crippen molar-refractivity contribution in [1.82, 2.24) is 9.88 Å². The minimum atomic E-state index is -1.16. The summed E-state index contributed by atoms with van der Waals surface area (Å²) in [6.07, 6.45) is 0. The molecular formula is C15H13ClN2O3. The fourth-order valence-electron chi connectivity index (χ4n) is 1.85. The number of aromatic nitrogens is 1. The zero-order valence-electron chi connectivity index (χ0n) is 11.3. The number of pyridine rings is 1. The van der Waals surface area contributed by atoms with E-state index in [9.17, 15) is 9.59 Å². The molecule has 0 aliphatic carbocycles. The first-order valence-electron chi connectivity index (χ1n) is 6.17. The van der Waals surface area contributed by atoms with Gasteiger partial charge < -0.3 is 10.0 Å². The molecule has 0 fully saturated rings. The zero-order valence-corrected chi connectivity index (χ0v) is 12.0. The molecule has 0 bridgehead atoms. The van der Waals surface area contributed by atoms with Crippen LogP contribution in [0, 0.1) is 0 Å². The molecule has 1 amide bonds. The van der Waals surface area contributed by atoms with Crippen LogP contribution < -0.4 is 0 Å². The SMILES string of the molecule is CN(Cc1cccc(Cl)c1)C(=O)c1cccc(C(=O)O)n1. The number of hydrogen-bond acceptors (Lipinski definition) is 3. The molecule has 0 saturated carbocycles. The zero-order chi connectivity index (χ0) is 15.4. The van der Waals surface area contributed by atoms with E-state index in [4.69, 9.17) is 16.7 Å². The topological polar surface area (TPSA) is 70.5 Å². The summed E-state index contributed by atoms with van der Waals surface area (Å²) < 4.78 is 0. The Morgan fingerprint density at radius 2 is 1.86 bits per heavy atom. The lowest BCUT2D eigenvalue weighted by Gasteiger charge is -2.17. The molecule has 1 aromatic carbocycles. The Kier molecular flexibility index (Phi) is 4.55. The highest BCUT2D eigenvalue weighted by Crippen LogP contribution is 2.13. The first-order chi connectivity index (χ1) is 9.97. The van der Waals surface area contributed by atoms with Gasteiger partial charge in [0.05, 0.1) is 0 Å². The Bertz CT molecular complexity index is 688. The van der Waals surface area contributed by atoms with Crippen LogP contribution in [0.25, 0.3) is 0 Å². The minimum absolute atomic E-state index is 0.0967. The van der Waals surface area contributed by atoms with Crippen molar-refractivity contribution < 1.29 is 14.7 Å². The Balaban J connectivity index is 2.15. The van der Waals surface area contributed by atoms with E-state index in [1.165, 1.54) is 23.1 Å². The molecule has 0 radical (unpaired) electrons. The maximum atomic E-state index is 12.2. The number of carbonyl (C=O) groups is 2. The van der Waals surface area contributed by atoms with Gasteiger partial charge in [0.15, 0.2) is 0 Å². The monoisotopic (exact) mass is 304 g/mol. The van der Waals surface area contributed by atoms with Gasteiger partial charge in [-0.05, 0) is 29.8 Å². The van der Waals surface area contributed by atoms with Crippen molar-refractivity contribution in [2.24, 2.45) is 0 Å². The molecule has 0 unspecified atom stereocenters. The maximum absolute atomic E-state index is 12.2. The van der Waals surface area contributed by atoms with E-state index in [0.29, 0.717) is 11.6 Å². The van der Waals surface area contributed by atoms with Crippen LogP contribution >= 0.6 is 11.6 Å². The van der Waals surface area contributed by atoms with Crippen molar-refractivity contribution in [2.75, 3.05) is 7.05 Å². The van der Waals surface area contributed by atoms with Crippen molar-refractivity contribution in [1.29, 1.82) is 0 Å². The molecule has 1 heterocycles. The average Bonchev–Trinajstić information content (AvgIpc) is 2.46. The third-order valence-corrected chi connectivity index (χ3v) is 3.08. The molecule has 108 valence electrons. The molecule has 5 nitrogen and oxygen atoms in total. The number of carboxylic acid groups (broad SMARTS) is 1. The number of halogens is 1. The van der Waals surface area contributed by atoms with Crippen LogP contribution in [0.1, 0.15) is 26.5 Å². The van der Waals surface area contributed by atoms with Gasteiger partial charge in [-0.25, -0.2) is 9.78 Å². The maximum Gasteiger partial charge on any atom is 0.354 e. The summed E-state index contributed by atoms with van der Waals surface area (Å²) in [7, 11) is 1.62. The Morgan fingerprint density at radius 3 is 2.52 bits per heavy atom. The molecule has 1 N–H and O–H groups in total. The van der Waals surface area contributed by atoms with E-state index >= 15 is 0 Å². The van der Waals surface area contributed by atoms with Crippen molar-refractivity contribution in [2.45, 2.75) is 6.54 Å². The van der Waals surface area contributed by atoms with Gasteiger partial charge in [0.1, 0.15) is 11.4 Å². The summed E-state index contributed by atoms with van der Waals surface area (Å²) in [6, 6.07) is 11.5. The van der Waals surface area contributed by atoms with Crippen molar-refractivity contribution in [3.63, 3.8) is 0 Å². The lowest BCUT2D eigenvalue weighted by atomic mass is 10.2. The molecule has 0 spiro atoms. The average molecular weight is 305 g/mol. The summed E-state index contributed by atoms with van der Waals surface area (Å²) in [5.41, 5.74) is 0.823. The van der Waals surface area contributed by atoms with Crippen LogP contribution in [0.4, 0.5) is 0 Å². The molecule has 6 heteroatoms. The molecular weight excluding hydrogens is 292 g/mol. The van der Waals surface area contributed by atoms with E-state index in [2.05, 4.69) is 4.98 Å². The smallest absolute Gasteiger partial charge is 0.354 e. The normalized spacial score (nSPS) is 10.2. The number of hydrogen-bond donors (Lipinski definition) is 1. The number of nitrogens with zero attached hydrogens (tertiary/aromatic N) is 2. The lowest BCUT2D eigenvalue weighted by molar-refractivity contribution is 0.0690. The van der Waals surface area contributed by atoms with Crippen LogP contribution in [0.15, 0.2) is 42.5 Å². The van der Waals surface area contributed by atoms with E-state index < -0.39 is 5.97 Å². The van der Waals surface area contributed by atoms with Gasteiger partial charge in [0, 0.05) is 18.6 Å². The molecule has 21 heavy (non-hydrogen) atoms. The molecule has 0 aliphatic rings. The third-order valence-electron chi connectivity index (χ3n) is 2.84. The standard InChI is InChI=1S/C15H13ClN2O3/c1-18(9-10-4-2-5-11(16)8-10)14(19)12-6-3-7-13(17-12)15(20)21/h2-8H,9H2,1H3,(H,20,21). The van der Waals surface area contributed by atoms with E-state index in [-0.39, 0.29) is 17.3 Å². The summed E-state index contributed by atoms with van der Waals surface area (Å²) in [5.74, 6) is -1.51. The predicted molar refractivity (Wildman–Crippen MR) is 78.4 cm³/mol. The van der Waals surface area contributed by atoms with Crippen LogP contribution in [-0.4, -0.2) is 33.9 Å². The van der Waals surface area contributed by atoms with Crippen LogP contribution in [-0.2, 0) is 6.54 Å². The molecule has 0 aliphatic heterocycles. The van der Waals surface area contributed by atoms with E-state index in [1.54, 1.807) is 25.2 Å². The summed E-state index contributed by atoms with van der Waals surface area (Å²) in [4.78, 5) is 28.4. The fourth-order valence-corrected chi connectivity index (χ4v) is 2.06. The lowest BCUT2D eigenvalue weighted by Crippen LogP contribution is -2.27. The van der Waals surface area contributed by atoms with Crippen LogP contribution in [0.3, 0.4) is 0 Å². The van der Waals surface area contributed by atoms with Gasteiger partial charge in [-0.3, -0.25) is 4.79 Å². The highest BCUT2D eigenvalue weighted by molar-refractivity contribution is 6.30. The number of amides is 1. The number of carboxylic acids is 1. The molecule has 2 aromatic rings. The Morgan fingerprint density at radius 1 is 1.19 bits per heavy atom. The summed E-state index contributed by atoms with van der Waals surface area (Å²) in [5, 5.41) is 9.49. The second-order valence-corrected chi connectivity index (χ2v) is 4.94. The number of rotatable bonds is 4. The van der Waals surface area contributed by atoms with Crippen LogP contribution in [0.5, 0.6) is 0 Å². The Hall–Kier alpha value is -2.40. The second-order valence-electron chi connectivity index (χ2n) is 4.50.